The van der Waals surface area contributed by atoms with Crippen LogP contribution in [-0.4, -0.2) is 14.9 Å². The molecule has 2 atom stereocenters. The maximum absolute atomic E-state index is 10.3. The number of aliphatic hydroxyl groups is 1. The van der Waals surface area contributed by atoms with Gasteiger partial charge in [0.25, 0.3) is 0 Å². The van der Waals surface area contributed by atoms with Crippen molar-refractivity contribution in [3.63, 3.8) is 0 Å². The van der Waals surface area contributed by atoms with Crippen molar-refractivity contribution in [3.8, 4) is 0 Å². The van der Waals surface area contributed by atoms with Crippen LogP contribution in [0.25, 0.3) is 0 Å². The van der Waals surface area contributed by atoms with E-state index in [1.807, 2.05) is 35.1 Å². The van der Waals surface area contributed by atoms with Gasteiger partial charge >= 0.3 is 0 Å². The molecule has 0 bridgehead atoms. The summed E-state index contributed by atoms with van der Waals surface area (Å²) in [5.41, 5.74) is 1.72. The van der Waals surface area contributed by atoms with Gasteiger partial charge in [0, 0.05) is 22.2 Å². The lowest BCUT2D eigenvalue weighted by Gasteiger charge is -2.11. The first-order valence-corrected chi connectivity index (χ1v) is 8.14. The van der Waals surface area contributed by atoms with Gasteiger partial charge in [0.2, 0.25) is 0 Å². The van der Waals surface area contributed by atoms with Gasteiger partial charge in [-0.3, -0.25) is 4.68 Å². The normalized spacial score (nSPS) is 14.2. The van der Waals surface area contributed by atoms with Gasteiger partial charge < -0.3 is 5.11 Å². The van der Waals surface area contributed by atoms with Crippen molar-refractivity contribution in [3.05, 3.63) is 50.3 Å². The molecule has 0 aliphatic rings. The highest BCUT2D eigenvalue weighted by atomic mass is 127. The third-order valence-electron chi connectivity index (χ3n) is 3.44. The van der Waals surface area contributed by atoms with E-state index in [0.29, 0.717) is 17.5 Å². The minimum absolute atomic E-state index is 0.383. The Labute approximate surface area is 138 Å². The van der Waals surface area contributed by atoms with Crippen LogP contribution >= 0.6 is 34.2 Å². The Kier molecular flexibility index (Phi) is 5.46. The second kappa shape index (κ2) is 6.91. The fourth-order valence-corrected chi connectivity index (χ4v) is 2.48. The molecule has 108 valence electrons. The quantitative estimate of drug-likeness (QED) is 0.751. The van der Waals surface area contributed by atoms with Crippen LogP contribution in [0.5, 0.6) is 0 Å². The van der Waals surface area contributed by atoms with Crippen molar-refractivity contribution < 1.29 is 5.11 Å². The van der Waals surface area contributed by atoms with E-state index in [2.05, 4.69) is 41.5 Å². The molecule has 0 fully saturated rings. The Balaban J connectivity index is 2.09. The van der Waals surface area contributed by atoms with E-state index in [0.717, 1.165) is 21.2 Å². The first-order valence-electron chi connectivity index (χ1n) is 6.68. The topological polar surface area (TPSA) is 38.0 Å². The van der Waals surface area contributed by atoms with Gasteiger partial charge in [-0.05, 0) is 59.7 Å². The Morgan fingerprint density at radius 3 is 2.80 bits per heavy atom. The molecule has 1 heterocycles. The lowest BCUT2D eigenvalue weighted by Crippen LogP contribution is -2.07. The summed E-state index contributed by atoms with van der Waals surface area (Å²) in [4.78, 5) is 0. The van der Waals surface area contributed by atoms with Gasteiger partial charge in [-0.25, -0.2) is 0 Å². The second-order valence-corrected chi connectivity index (χ2v) is 6.51. The van der Waals surface area contributed by atoms with Crippen molar-refractivity contribution in [2.75, 3.05) is 0 Å². The van der Waals surface area contributed by atoms with Gasteiger partial charge in [-0.15, -0.1) is 0 Å². The van der Waals surface area contributed by atoms with Crippen LogP contribution in [0.4, 0.5) is 0 Å². The third-order valence-corrected chi connectivity index (χ3v) is 5.01. The predicted molar refractivity (Wildman–Crippen MR) is 90.1 cm³/mol. The SMILES string of the molecule is CCC(C)n1ccc(CC(O)c2ccc(I)c(Cl)c2)n1. The molecule has 0 aliphatic heterocycles. The molecule has 3 nitrogen and oxygen atoms in total. The average Bonchev–Trinajstić information content (AvgIpc) is 2.89. The summed E-state index contributed by atoms with van der Waals surface area (Å²) in [5.74, 6) is 0. The number of hydrogen-bond donors (Lipinski definition) is 1. The first-order chi connectivity index (χ1) is 9.51. The van der Waals surface area contributed by atoms with Crippen LogP contribution in [0.15, 0.2) is 30.5 Å². The van der Waals surface area contributed by atoms with Crippen molar-refractivity contribution in [1.29, 1.82) is 0 Å². The Bertz CT molecular complexity index is 585. The first kappa shape index (κ1) is 15.8. The standard InChI is InChI=1S/C15H18ClIN2O/c1-3-10(2)19-7-6-12(18-19)9-15(20)11-4-5-14(17)13(16)8-11/h4-8,10,15,20H,3,9H2,1-2H3. The molecular weight excluding hydrogens is 387 g/mol. The molecule has 0 saturated carbocycles. The summed E-state index contributed by atoms with van der Waals surface area (Å²) in [6.45, 7) is 4.26. The fraction of sp³-hybridized carbons (Fsp3) is 0.400. The molecule has 0 saturated heterocycles. The fourth-order valence-electron chi connectivity index (χ4n) is 1.95. The van der Waals surface area contributed by atoms with Crippen molar-refractivity contribution in [2.24, 2.45) is 0 Å². The molecule has 2 rings (SSSR count). The lowest BCUT2D eigenvalue weighted by molar-refractivity contribution is 0.177. The maximum Gasteiger partial charge on any atom is 0.0846 e. The van der Waals surface area contributed by atoms with Crippen LogP contribution in [0.2, 0.25) is 5.02 Å². The highest BCUT2D eigenvalue weighted by Crippen LogP contribution is 2.25. The zero-order chi connectivity index (χ0) is 14.7. The minimum atomic E-state index is -0.579. The number of benzene rings is 1. The molecule has 1 aromatic heterocycles. The van der Waals surface area contributed by atoms with E-state index in [1.54, 1.807) is 0 Å². The minimum Gasteiger partial charge on any atom is -0.388 e. The van der Waals surface area contributed by atoms with E-state index >= 15 is 0 Å². The van der Waals surface area contributed by atoms with Gasteiger partial charge in [-0.2, -0.15) is 5.10 Å². The van der Waals surface area contributed by atoms with Crippen molar-refractivity contribution in [2.45, 2.75) is 38.8 Å². The number of aliphatic hydroxyl groups excluding tert-OH is 1. The Morgan fingerprint density at radius 2 is 2.15 bits per heavy atom. The van der Waals surface area contributed by atoms with E-state index in [9.17, 15) is 5.11 Å². The number of halogens is 2. The summed E-state index contributed by atoms with van der Waals surface area (Å²) in [6, 6.07) is 7.99. The van der Waals surface area contributed by atoms with E-state index in [4.69, 9.17) is 11.6 Å². The van der Waals surface area contributed by atoms with Crippen LogP contribution in [0, 0.1) is 3.57 Å². The monoisotopic (exact) mass is 404 g/mol. The highest BCUT2D eigenvalue weighted by molar-refractivity contribution is 14.1. The predicted octanol–water partition coefficient (Wildman–Crippen LogP) is 4.39. The van der Waals surface area contributed by atoms with E-state index in [-0.39, 0.29) is 0 Å². The number of rotatable bonds is 5. The maximum atomic E-state index is 10.3. The molecular formula is C15H18ClIN2O. The molecule has 1 aromatic carbocycles. The Morgan fingerprint density at radius 1 is 1.40 bits per heavy atom. The smallest absolute Gasteiger partial charge is 0.0846 e. The third kappa shape index (κ3) is 3.74. The van der Waals surface area contributed by atoms with Crippen LogP contribution in [0.3, 0.4) is 0 Å². The van der Waals surface area contributed by atoms with Crippen LogP contribution in [0.1, 0.15) is 43.7 Å². The Hall–Kier alpha value is -0.590. The summed E-state index contributed by atoms with van der Waals surface area (Å²) in [5, 5.41) is 15.5. The summed E-state index contributed by atoms with van der Waals surface area (Å²) in [6.07, 6.45) is 2.93. The molecule has 0 radical (unpaired) electrons. The molecule has 0 amide bonds. The summed E-state index contributed by atoms with van der Waals surface area (Å²) in [7, 11) is 0. The number of hydrogen-bond acceptors (Lipinski definition) is 2. The molecule has 2 aromatic rings. The largest absolute Gasteiger partial charge is 0.388 e. The molecule has 0 aliphatic carbocycles. The van der Waals surface area contributed by atoms with Gasteiger partial charge in [0.05, 0.1) is 16.8 Å². The zero-order valence-electron chi connectivity index (χ0n) is 11.6. The lowest BCUT2D eigenvalue weighted by atomic mass is 10.1. The summed E-state index contributed by atoms with van der Waals surface area (Å²) < 4.78 is 2.93. The number of aromatic nitrogens is 2. The van der Waals surface area contributed by atoms with Crippen LogP contribution < -0.4 is 0 Å². The zero-order valence-corrected chi connectivity index (χ0v) is 14.5. The number of nitrogens with zero attached hydrogens (tertiary/aromatic N) is 2. The second-order valence-electron chi connectivity index (χ2n) is 4.94. The van der Waals surface area contributed by atoms with Crippen molar-refractivity contribution in [1.82, 2.24) is 9.78 Å². The van der Waals surface area contributed by atoms with Gasteiger partial charge in [0.15, 0.2) is 0 Å². The van der Waals surface area contributed by atoms with Gasteiger partial charge in [0.1, 0.15) is 0 Å². The van der Waals surface area contributed by atoms with Gasteiger partial charge in [-0.1, -0.05) is 24.6 Å². The summed E-state index contributed by atoms with van der Waals surface area (Å²) >= 11 is 8.26. The molecule has 1 N–H and O–H groups in total. The highest BCUT2D eigenvalue weighted by Gasteiger charge is 2.13. The molecule has 0 spiro atoms. The van der Waals surface area contributed by atoms with Crippen molar-refractivity contribution >= 4 is 34.2 Å². The van der Waals surface area contributed by atoms with E-state index < -0.39 is 6.10 Å². The molecule has 5 heteroatoms. The molecule has 20 heavy (non-hydrogen) atoms. The van der Waals surface area contributed by atoms with E-state index in [1.165, 1.54) is 0 Å². The molecule has 2 unspecified atom stereocenters. The van der Waals surface area contributed by atoms with Crippen LogP contribution in [-0.2, 0) is 6.42 Å². The average molecular weight is 405 g/mol.